The van der Waals surface area contributed by atoms with E-state index in [9.17, 15) is 14.7 Å². The van der Waals surface area contributed by atoms with Crippen LogP contribution in [-0.4, -0.2) is 31.2 Å². The summed E-state index contributed by atoms with van der Waals surface area (Å²) < 4.78 is 15.8. The molecule has 1 amide bonds. The van der Waals surface area contributed by atoms with Crippen molar-refractivity contribution in [2.45, 2.75) is 25.7 Å². The zero-order valence-electron chi connectivity index (χ0n) is 15.2. The number of aliphatic carboxylic acids is 1. The molecule has 0 aromatic heterocycles. The summed E-state index contributed by atoms with van der Waals surface area (Å²) in [6.07, 6.45) is -0.255. The van der Waals surface area contributed by atoms with Gasteiger partial charge in [0.05, 0.1) is 39.9 Å². The highest BCUT2D eigenvalue weighted by Gasteiger charge is 2.22. The molecule has 2 aromatic rings. The molecule has 2 N–H and O–H groups in total. The van der Waals surface area contributed by atoms with Gasteiger partial charge in [-0.1, -0.05) is 12.1 Å². The normalized spacial score (nSPS) is 13.6. The van der Waals surface area contributed by atoms with E-state index in [4.69, 9.17) is 14.2 Å². The number of hydrogen-bond acceptors (Lipinski definition) is 5. The largest absolute Gasteiger partial charge is 0.493 e. The molecule has 0 saturated carbocycles. The molecule has 1 heterocycles. The van der Waals surface area contributed by atoms with Crippen LogP contribution >= 0.6 is 0 Å². The Morgan fingerprint density at radius 1 is 1.07 bits per heavy atom. The number of carbonyl (C=O) groups is 2. The standard InChI is InChI=1S/C20H21NO6/c1-25-17-6-5-12(8-18(17)26-2)16(9-19(22)23)21-20(24)13-3-4-14-10-27-11-15(14)7-13/h3-8,16H,9-11H2,1-2H3,(H,21,24)(H,22,23). The monoisotopic (exact) mass is 371 g/mol. The van der Waals surface area contributed by atoms with Crippen molar-refractivity contribution in [2.75, 3.05) is 14.2 Å². The average molecular weight is 371 g/mol. The Morgan fingerprint density at radius 2 is 1.81 bits per heavy atom. The first-order chi connectivity index (χ1) is 13.0. The number of rotatable bonds is 7. The molecule has 1 aliphatic heterocycles. The lowest BCUT2D eigenvalue weighted by Crippen LogP contribution is -2.30. The summed E-state index contributed by atoms with van der Waals surface area (Å²) >= 11 is 0. The van der Waals surface area contributed by atoms with E-state index in [1.807, 2.05) is 6.07 Å². The van der Waals surface area contributed by atoms with Crippen molar-refractivity contribution >= 4 is 11.9 Å². The number of fused-ring (bicyclic) bond motifs is 1. The molecule has 3 rings (SSSR count). The van der Waals surface area contributed by atoms with Crippen LogP contribution in [0.3, 0.4) is 0 Å². The fraction of sp³-hybridized carbons (Fsp3) is 0.300. The topological polar surface area (TPSA) is 94.1 Å². The highest BCUT2D eigenvalue weighted by Crippen LogP contribution is 2.31. The van der Waals surface area contributed by atoms with Gasteiger partial charge in [-0.25, -0.2) is 0 Å². The predicted molar refractivity (Wildman–Crippen MR) is 96.9 cm³/mol. The Balaban J connectivity index is 1.85. The second-order valence-electron chi connectivity index (χ2n) is 6.21. The van der Waals surface area contributed by atoms with Gasteiger partial charge in [-0.2, -0.15) is 0 Å². The maximum absolute atomic E-state index is 12.7. The molecular formula is C20H21NO6. The van der Waals surface area contributed by atoms with Crippen molar-refractivity contribution in [3.05, 3.63) is 58.7 Å². The SMILES string of the molecule is COc1ccc(C(CC(=O)O)NC(=O)c2ccc3c(c2)COC3)cc1OC. The van der Waals surface area contributed by atoms with E-state index in [1.54, 1.807) is 30.3 Å². The smallest absolute Gasteiger partial charge is 0.305 e. The van der Waals surface area contributed by atoms with Crippen molar-refractivity contribution < 1.29 is 28.9 Å². The lowest BCUT2D eigenvalue weighted by Gasteiger charge is -2.19. The Morgan fingerprint density at radius 3 is 2.52 bits per heavy atom. The molecule has 1 atom stereocenters. The Hall–Kier alpha value is -3.06. The first-order valence-corrected chi connectivity index (χ1v) is 8.46. The number of amides is 1. The van der Waals surface area contributed by atoms with Crippen LogP contribution in [0.5, 0.6) is 11.5 Å². The van der Waals surface area contributed by atoms with Crippen LogP contribution in [-0.2, 0) is 22.7 Å². The number of ether oxygens (including phenoxy) is 3. The molecule has 27 heavy (non-hydrogen) atoms. The van der Waals surface area contributed by atoms with Gasteiger partial charge >= 0.3 is 5.97 Å². The number of hydrogen-bond donors (Lipinski definition) is 2. The molecule has 0 fully saturated rings. The number of nitrogens with one attached hydrogen (secondary N) is 1. The molecule has 7 nitrogen and oxygen atoms in total. The second kappa shape index (κ2) is 8.09. The van der Waals surface area contributed by atoms with E-state index < -0.39 is 12.0 Å². The minimum atomic E-state index is -1.02. The van der Waals surface area contributed by atoms with Gasteiger partial charge in [-0.15, -0.1) is 0 Å². The first-order valence-electron chi connectivity index (χ1n) is 8.46. The van der Waals surface area contributed by atoms with Gasteiger partial charge in [0.25, 0.3) is 5.91 Å². The maximum Gasteiger partial charge on any atom is 0.305 e. The van der Waals surface area contributed by atoms with Gasteiger partial charge in [-0.3, -0.25) is 9.59 Å². The van der Waals surface area contributed by atoms with Crippen LogP contribution in [0.1, 0.15) is 39.5 Å². The summed E-state index contributed by atoms with van der Waals surface area (Å²) in [4.78, 5) is 24.0. The summed E-state index contributed by atoms with van der Waals surface area (Å²) in [5.74, 6) is -0.363. The Bertz CT molecular complexity index is 864. The summed E-state index contributed by atoms with van der Waals surface area (Å²) in [5.41, 5.74) is 3.13. The fourth-order valence-corrected chi connectivity index (χ4v) is 3.05. The third kappa shape index (κ3) is 4.20. The predicted octanol–water partition coefficient (Wildman–Crippen LogP) is 2.68. The van der Waals surface area contributed by atoms with Gasteiger partial charge < -0.3 is 24.6 Å². The molecule has 0 saturated heterocycles. The van der Waals surface area contributed by atoms with Crippen molar-refractivity contribution in [3.8, 4) is 11.5 Å². The van der Waals surface area contributed by atoms with Gasteiger partial charge in [0.1, 0.15) is 0 Å². The minimum absolute atomic E-state index is 0.255. The van der Waals surface area contributed by atoms with Crippen LogP contribution in [0.2, 0.25) is 0 Å². The highest BCUT2D eigenvalue weighted by atomic mass is 16.5. The molecule has 0 aliphatic carbocycles. The van der Waals surface area contributed by atoms with Gasteiger partial charge in [0.2, 0.25) is 0 Å². The second-order valence-corrected chi connectivity index (χ2v) is 6.21. The van der Waals surface area contributed by atoms with Crippen LogP contribution in [0, 0.1) is 0 Å². The van der Waals surface area contributed by atoms with Gasteiger partial charge in [0.15, 0.2) is 11.5 Å². The fourth-order valence-electron chi connectivity index (χ4n) is 3.05. The Kier molecular flexibility index (Phi) is 5.61. The van der Waals surface area contributed by atoms with E-state index in [2.05, 4.69) is 5.32 Å². The number of methoxy groups -OCH3 is 2. The first kappa shape index (κ1) is 18.7. The van der Waals surface area contributed by atoms with E-state index in [0.29, 0.717) is 35.8 Å². The van der Waals surface area contributed by atoms with Crippen molar-refractivity contribution in [1.29, 1.82) is 0 Å². The van der Waals surface area contributed by atoms with Gasteiger partial charge in [0, 0.05) is 5.56 Å². The average Bonchev–Trinajstić information content (AvgIpc) is 3.14. The molecule has 0 spiro atoms. The van der Waals surface area contributed by atoms with Crippen LogP contribution in [0.25, 0.3) is 0 Å². The third-order valence-electron chi connectivity index (χ3n) is 4.48. The van der Waals surface area contributed by atoms with Crippen LogP contribution in [0.4, 0.5) is 0 Å². The molecule has 2 aromatic carbocycles. The molecule has 1 aliphatic rings. The number of carboxylic acid groups (broad SMARTS) is 1. The van der Waals surface area contributed by atoms with E-state index in [-0.39, 0.29) is 12.3 Å². The summed E-state index contributed by atoms with van der Waals surface area (Å²) in [6.45, 7) is 1.02. The van der Waals surface area contributed by atoms with E-state index >= 15 is 0 Å². The quantitative estimate of drug-likeness (QED) is 0.777. The van der Waals surface area contributed by atoms with Crippen LogP contribution < -0.4 is 14.8 Å². The molecule has 7 heteroatoms. The minimum Gasteiger partial charge on any atom is -0.493 e. The van der Waals surface area contributed by atoms with Crippen molar-refractivity contribution in [2.24, 2.45) is 0 Å². The van der Waals surface area contributed by atoms with E-state index in [1.165, 1.54) is 14.2 Å². The molecule has 0 bridgehead atoms. The lowest BCUT2D eigenvalue weighted by molar-refractivity contribution is -0.137. The number of benzene rings is 2. The van der Waals surface area contributed by atoms with Crippen molar-refractivity contribution in [1.82, 2.24) is 5.32 Å². The van der Waals surface area contributed by atoms with E-state index in [0.717, 1.165) is 11.1 Å². The molecule has 1 unspecified atom stereocenters. The zero-order valence-corrected chi connectivity index (χ0v) is 15.2. The highest BCUT2D eigenvalue weighted by molar-refractivity contribution is 5.95. The number of carboxylic acids is 1. The molecule has 142 valence electrons. The summed E-state index contributed by atoms with van der Waals surface area (Å²) in [6, 6.07) is 9.72. The third-order valence-corrected chi connectivity index (χ3v) is 4.48. The van der Waals surface area contributed by atoms with Gasteiger partial charge in [-0.05, 0) is 41.0 Å². The maximum atomic E-state index is 12.7. The summed E-state index contributed by atoms with van der Waals surface area (Å²) in [5, 5.41) is 12.1. The molecule has 0 radical (unpaired) electrons. The molecular weight excluding hydrogens is 350 g/mol. The number of carbonyl (C=O) groups excluding carboxylic acids is 1. The zero-order chi connectivity index (χ0) is 19.4. The lowest BCUT2D eigenvalue weighted by atomic mass is 10.0. The summed E-state index contributed by atoms with van der Waals surface area (Å²) in [7, 11) is 3.02. The van der Waals surface area contributed by atoms with Crippen molar-refractivity contribution in [3.63, 3.8) is 0 Å². The van der Waals surface area contributed by atoms with Crippen LogP contribution in [0.15, 0.2) is 36.4 Å². The Labute approximate surface area is 156 Å².